The summed E-state index contributed by atoms with van der Waals surface area (Å²) in [6, 6.07) is 2.85. The van der Waals surface area contributed by atoms with Gasteiger partial charge in [-0.15, -0.1) is 0 Å². The number of halogens is 3. The monoisotopic (exact) mass is 517 g/mol. The zero-order valence-corrected chi connectivity index (χ0v) is 11.7. The summed E-state index contributed by atoms with van der Waals surface area (Å²) in [7, 11) is 0. The molecule has 19 heavy (non-hydrogen) atoms. The normalized spacial score (nSPS) is 12.2. The summed E-state index contributed by atoms with van der Waals surface area (Å²) in [5.41, 5.74) is -0.439. The molecule has 4 nitrogen and oxygen atoms in total. The summed E-state index contributed by atoms with van der Waals surface area (Å²) >= 11 is 0. The number of amides is 1. The topological polar surface area (TPSA) is 66.4 Å². The molecule has 0 saturated heterocycles. The number of alkyl halides is 3. The zero-order valence-electron chi connectivity index (χ0n) is 9.28. The number of carboxylic acid groups (broad SMARTS) is 1. The molecule has 0 radical (unpaired) electrons. The van der Waals surface area contributed by atoms with Crippen molar-refractivity contribution in [2.75, 3.05) is 0 Å². The van der Waals surface area contributed by atoms with Crippen molar-refractivity contribution in [1.29, 1.82) is 0 Å². The Morgan fingerprint density at radius 1 is 1.32 bits per heavy atom. The molecule has 1 aromatic carbocycles. The van der Waals surface area contributed by atoms with Gasteiger partial charge in [-0.25, -0.2) is 0 Å². The van der Waals surface area contributed by atoms with Crippen LogP contribution in [0.3, 0.4) is 0 Å². The van der Waals surface area contributed by atoms with Crippen molar-refractivity contribution < 1.29 is 27.9 Å². The van der Waals surface area contributed by atoms with Crippen LogP contribution in [0.1, 0.15) is 11.1 Å². The first-order valence-electron chi connectivity index (χ1n) is 4.86. The molecule has 0 saturated carbocycles. The fourth-order valence-electron chi connectivity index (χ4n) is 1.34. The molecule has 0 heterocycles. The maximum atomic E-state index is 12.3. The van der Waals surface area contributed by atoms with E-state index in [0.29, 0.717) is 5.56 Å². The third kappa shape index (κ3) is 4.37. The Morgan fingerprint density at radius 2 is 1.84 bits per heavy atom. The number of hydrogen-bond acceptors (Lipinski definition) is 2. The Hall–Kier alpha value is -3.05. The Kier molecular flexibility index (Phi) is 5.07. The van der Waals surface area contributed by atoms with Crippen LogP contribution in [0.2, 0.25) is 0 Å². The van der Waals surface area contributed by atoms with Gasteiger partial charge in [0, 0.05) is 6.42 Å². The maximum absolute atomic E-state index is 12.3. The van der Waals surface area contributed by atoms with E-state index in [1.54, 1.807) is 0 Å². The van der Waals surface area contributed by atoms with Crippen molar-refractivity contribution in [1.82, 2.24) is 5.32 Å². The van der Waals surface area contributed by atoms with Crippen LogP contribution in [-0.4, -0.2) is 23.5 Å². The molecule has 1 aromatic rings. The molecule has 8 heteroatoms. The molecule has 1 atom stereocenters. The number of carbonyl (C=O) groups is 1. The second-order valence-electron chi connectivity index (χ2n) is 3.54. The first kappa shape index (κ1) is 16.0. The summed E-state index contributed by atoms with van der Waals surface area (Å²) in [4.78, 5) is 20.7. The average molecular weight is 517 g/mol. The SMILES string of the molecule is O=[C-]N[C@@H](Cc1ccc(C(F)(F)F)cc1)C(=O)O.[Fm]. The van der Waals surface area contributed by atoms with Crippen LogP contribution in [-0.2, 0) is 22.2 Å². The Balaban J connectivity index is 0.00000324. The molecule has 0 bridgehead atoms. The van der Waals surface area contributed by atoms with E-state index in [0.717, 1.165) is 12.1 Å². The summed E-state index contributed by atoms with van der Waals surface area (Å²) in [5.74, 6) is -1.28. The van der Waals surface area contributed by atoms with Crippen LogP contribution in [0.4, 0.5) is 13.2 Å². The fourth-order valence-corrected chi connectivity index (χ4v) is 1.34. The van der Waals surface area contributed by atoms with Crippen molar-refractivity contribution >= 4 is 12.4 Å². The number of nitrogens with one attached hydrogen (secondary N) is 1. The van der Waals surface area contributed by atoms with Gasteiger partial charge in [0.05, 0.1) is 5.56 Å². The third-order valence-electron chi connectivity index (χ3n) is 2.25. The van der Waals surface area contributed by atoms with Crippen LogP contribution in [0.25, 0.3) is 0 Å². The number of benzene rings is 1. The molecule has 0 spiro atoms. The quantitative estimate of drug-likeness (QED) is 0.459. The van der Waals surface area contributed by atoms with Gasteiger partial charge in [-0.2, -0.15) is 19.6 Å². The van der Waals surface area contributed by atoms with Gasteiger partial charge in [-0.3, -0.25) is 4.79 Å². The summed E-state index contributed by atoms with van der Waals surface area (Å²) in [6.07, 6.45) is -3.30. The van der Waals surface area contributed by atoms with Gasteiger partial charge in [-0.05, 0) is 17.7 Å². The van der Waals surface area contributed by atoms with Gasteiger partial charge in [0.25, 0.3) is 0 Å². The molecular weight excluding hydrogens is 508 g/mol. The van der Waals surface area contributed by atoms with Crippen LogP contribution < -0.4 is 5.32 Å². The molecular formula is C11H9F3FmNO3-. The fraction of sp³-hybridized carbons (Fsp3) is 0.273. The van der Waals surface area contributed by atoms with Gasteiger partial charge >= 0.3 is 12.1 Å². The van der Waals surface area contributed by atoms with Gasteiger partial charge < -0.3 is 15.2 Å². The maximum Gasteiger partial charge on any atom is 0.416 e. The molecule has 0 fully saturated rings. The minimum Gasteiger partial charge on any atom is -0.520 e. The molecule has 0 aliphatic rings. The summed E-state index contributed by atoms with van der Waals surface area (Å²) in [6.45, 7) is 0. The Bertz CT molecular complexity index is 434. The van der Waals surface area contributed by atoms with E-state index in [1.165, 1.54) is 18.5 Å². The number of aliphatic carboxylic acids is 1. The van der Waals surface area contributed by atoms with Crippen molar-refractivity contribution in [3.63, 3.8) is 0 Å². The van der Waals surface area contributed by atoms with E-state index in [1.807, 2.05) is 5.32 Å². The van der Waals surface area contributed by atoms with Gasteiger partial charge in [0.2, 0.25) is 0 Å². The second kappa shape index (κ2) is 6.04. The van der Waals surface area contributed by atoms with Crippen LogP contribution >= 0.6 is 0 Å². The predicted octanol–water partition coefficient (Wildman–Crippen LogP) is 1.36. The molecule has 2 N–H and O–H groups in total. The summed E-state index contributed by atoms with van der Waals surface area (Å²) in [5, 5.41) is 10.7. The van der Waals surface area contributed by atoms with Crippen molar-refractivity contribution in [2.45, 2.75) is 18.6 Å². The number of hydrogen-bond donors (Lipinski definition) is 2. The van der Waals surface area contributed by atoms with E-state index < -0.39 is 23.8 Å². The van der Waals surface area contributed by atoms with Gasteiger partial charge in [-0.1, -0.05) is 12.1 Å². The Labute approximate surface area is 100 Å². The smallest absolute Gasteiger partial charge is 0.416 e. The van der Waals surface area contributed by atoms with E-state index in [4.69, 9.17) is 5.11 Å². The first-order valence-corrected chi connectivity index (χ1v) is 4.86. The minimum atomic E-state index is -4.43. The van der Waals surface area contributed by atoms with Crippen LogP contribution in [0, 0.1) is 0 Å². The van der Waals surface area contributed by atoms with Gasteiger partial charge in [0.1, 0.15) is 6.04 Å². The van der Waals surface area contributed by atoms with E-state index in [9.17, 15) is 22.8 Å². The molecule has 1 amide bonds. The number of carbonyl (C=O) groups excluding carboxylic acids is 1. The number of rotatable bonds is 5. The predicted molar refractivity (Wildman–Crippen MR) is 55.4 cm³/mol. The minimum absolute atomic E-state index is 0. The number of carboxylic acids is 1. The molecule has 1 rings (SSSR count). The average Bonchev–Trinajstić information content (AvgIpc) is 2.28. The van der Waals surface area contributed by atoms with Crippen LogP contribution in [0.15, 0.2) is 24.3 Å². The first-order chi connectivity index (χ1) is 8.34. The van der Waals surface area contributed by atoms with Gasteiger partial charge in [0.15, 0.2) is 0 Å². The van der Waals surface area contributed by atoms with E-state index in [-0.39, 0.29) is 6.42 Å². The second-order valence-corrected chi connectivity index (χ2v) is 3.54. The molecule has 0 aromatic heterocycles. The molecule has 0 unspecified atom stereocenters. The van der Waals surface area contributed by atoms with E-state index >= 15 is 0 Å². The van der Waals surface area contributed by atoms with Crippen molar-refractivity contribution in [3.05, 3.63) is 35.4 Å². The summed E-state index contributed by atoms with van der Waals surface area (Å²) < 4.78 is 36.8. The largest absolute Gasteiger partial charge is 0.520 e. The van der Waals surface area contributed by atoms with Crippen molar-refractivity contribution in [3.8, 4) is 0 Å². The molecule has 0 aliphatic heterocycles. The van der Waals surface area contributed by atoms with E-state index in [2.05, 4.69) is 0 Å². The molecule has 0 aliphatic carbocycles. The van der Waals surface area contributed by atoms with Crippen molar-refractivity contribution in [2.24, 2.45) is 0 Å². The standard InChI is InChI=1S/C11H9F3NO3.Fm/c12-11(13,14)8-3-1-7(2-4-8)5-9(10(17)18)15-6-16;/h1-4,9H,5H2,(H,15,16)(H,17,18);/q-1;/t9-;/m0./s1. The molecule has 110 valence electrons. The van der Waals surface area contributed by atoms with Crippen LogP contribution in [0.5, 0.6) is 0 Å². The Morgan fingerprint density at radius 3 is 2.21 bits per heavy atom. The zero-order chi connectivity index (χ0) is 13.8. The third-order valence-corrected chi connectivity index (χ3v) is 2.25.